The normalized spacial score (nSPS) is 24.9. The van der Waals surface area contributed by atoms with Crippen LogP contribution in [-0.4, -0.2) is 25.7 Å². The van der Waals surface area contributed by atoms with Gasteiger partial charge in [0.15, 0.2) is 0 Å². The zero-order valence-electron chi connectivity index (χ0n) is 11.1. The maximum Gasteiger partial charge on any atom is 0.0366 e. The highest BCUT2D eigenvalue weighted by Gasteiger charge is 2.22. The molecule has 2 fully saturated rings. The average Bonchev–Trinajstić information content (AvgIpc) is 2.38. The molecular weight excluding hydrogens is 220 g/mol. The first kappa shape index (κ1) is 12.0. The molecule has 18 heavy (non-hydrogen) atoms. The fourth-order valence-corrected chi connectivity index (χ4v) is 3.05. The van der Waals surface area contributed by atoms with E-state index in [1.807, 2.05) is 0 Å². The number of hydrogen-bond acceptors (Lipinski definition) is 2. The van der Waals surface area contributed by atoms with E-state index >= 15 is 0 Å². The molecule has 1 aromatic carbocycles. The lowest BCUT2D eigenvalue weighted by molar-refractivity contribution is 0.280. The van der Waals surface area contributed by atoms with Crippen LogP contribution in [0.1, 0.15) is 32.1 Å². The molecule has 1 aliphatic carbocycles. The van der Waals surface area contributed by atoms with Crippen LogP contribution in [0.15, 0.2) is 30.3 Å². The van der Waals surface area contributed by atoms with Gasteiger partial charge in [0.25, 0.3) is 0 Å². The molecule has 1 atom stereocenters. The maximum absolute atomic E-state index is 3.78. The molecule has 98 valence electrons. The summed E-state index contributed by atoms with van der Waals surface area (Å²) in [6.45, 7) is 3.63. The topological polar surface area (TPSA) is 15.3 Å². The molecular formula is C16H24N2. The minimum atomic E-state index is 0.694. The van der Waals surface area contributed by atoms with Crippen molar-refractivity contribution in [3.8, 4) is 0 Å². The van der Waals surface area contributed by atoms with E-state index in [9.17, 15) is 0 Å². The van der Waals surface area contributed by atoms with Gasteiger partial charge in [0, 0.05) is 24.8 Å². The molecule has 3 rings (SSSR count). The van der Waals surface area contributed by atoms with Crippen molar-refractivity contribution in [2.75, 3.05) is 24.5 Å². The van der Waals surface area contributed by atoms with Crippen LogP contribution >= 0.6 is 0 Å². The Morgan fingerprint density at radius 2 is 1.89 bits per heavy atom. The summed E-state index contributed by atoms with van der Waals surface area (Å²) in [7, 11) is 0. The lowest BCUT2D eigenvalue weighted by Gasteiger charge is -2.36. The second-order valence-electron chi connectivity index (χ2n) is 5.83. The van der Waals surface area contributed by atoms with E-state index in [0.717, 1.165) is 5.92 Å². The van der Waals surface area contributed by atoms with Gasteiger partial charge in [-0.15, -0.1) is 0 Å². The van der Waals surface area contributed by atoms with E-state index in [0.29, 0.717) is 6.04 Å². The fraction of sp³-hybridized carbons (Fsp3) is 0.625. The second kappa shape index (κ2) is 5.75. The minimum Gasteiger partial charge on any atom is -0.370 e. The quantitative estimate of drug-likeness (QED) is 0.875. The highest BCUT2D eigenvalue weighted by atomic mass is 15.2. The van der Waals surface area contributed by atoms with Gasteiger partial charge >= 0.3 is 0 Å². The van der Waals surface area contributed by atoms with Gasteiger partial charge in [0.05, 0.1) is 0 Å². The highest BCUT2D eigenvalue weighted by Crippen LogP contribution is 2.26. The summed E-state index contributed by atoms with van der Waals surface area (Å²) in [6, 6.07) is 11.5. The van der Waals surface area contributed by atoms with Crippen molar-refractivity contribution in [3.05, 3.63) is 30.3 Å². The number of benzene rings is 1. The van der Waals surface area contributed by atoms with Crippen LogP contribution in [0.5, 0.6) is 0 Å². The Labute approximate surface area is 110 Å². The van der Waals surface area contributed by atoms with Crippen LogP contribution in [0.3, 0.4) is 0 Å². The maximum atomic E-state index is 3.78. The molecule has 0 amide bonds. The molecule has 1 N–H and O–H groups in total. The van der Waals surface area contributed by atoms with Crippen molar-refractivity contribution in [3.63, 3.8) is 0 Å². The molecule has 0 spiro atoms. The number of nitrogens with zero attached hydrogens (tertiary/aromatic N) is 1. The molecule has 1 aliphatic heterocycles. The van der Waals surface area contributed by atoms with Crippen molar-refractivity contribution in [1.29, 1.82) is 0 Å². The molecule has 0 bridgehead atoms. The SMILES string of the molecule is c1ccc(N2CCCC(NCC3CCC3)C2)cc1. The summed E-state index contributed by atoms with van der Waals surface area (Å²) in [5.41, 5.74) is 1.38. The van der Waals surface area contributed by atoms with Crippen LogP contribution in [0.25, 0.3) is 0 Å². The Hall–Kier alpha value is -1.02. The van der Waals surface area contributed by atoms with Gasteiger partial charge in [0.2, 0.25) is 0 Å². The molecule has 1 aromatic rings. The molecule has 1 saturated heterocycles. The van der Waals surface area contributed by atoms with Gasteiger partial charge in [-0.05, 0) is 50.3 Å². The second-order valence-corrected chi connectivity index (χ2v) is 5.83. The van der Waals surface area contributed by atoms with Crippen molar-refractivity contribution in [1.82, 2.24) is 5.32 Å². The largest absolute Gasteiger partial charge is 0.370 e. The Morgan fingerprint density at radius 1 is 1.06 bits per heavy atom. The summed E-state index contributed by atoms with van der Waals surface area (Å²) in [5.74, 6) is 0.970. The Kier molecular flexibility index (Phi) is 3.84. The van der Waals surface area contributed by atoms with Gasteiger partial charge in [0.1, 0.15) is 0 Å². The Balaban J connectivity index is 1.51. The zero-order valence-corrected chi connectivity index (χ0v) is 11.1. The number of rotatable bonds is 4. The molecule has 0 radical (unpaired) electrons. The summed E-state index contributed by atoms with van der Waals surface area (Å²) in [4.78, 5) is 2.53. The van der Waals surface area contributed by atoms with Crippen molar-refractivity contribution < 1.29 is 0 Å². The highest BCUT2D eigenvalue weighted by molar-refractivity contribution is 5.46. The van der Waals surface area contributed by atoms with Gasteiger partial charge in [-0.2, -0.15) is 0 Å². The van der Waals surface area contributed by atoms with E-state index < -0.39 is 0 Å². The van der Waals surface area contributed by atoms with E-state index in [1.54, 1.807) is 0 Å². The van der Waals surface area contributed by atoms with Gasteiger partial charge in [-0.3, -0.25) is 0 Å². The number of piperidine rings is 1. The van der Waals surface area contributed by atoms with E-state index in [1.165, 1.54) is 57.4 Å². The molecule has 1 heterocycles. The third-order valence-corrected chi connectivity index (χ3v) is 4.46. The molecule has 0 aromatic heterocycles. The monoisotopic (exact) mass is 244 g/mol. The van der Waals surface area contributed by atoms with E-state index in [2.05, 4.69) is 40.5 Å². The van der Waals surface area contributed by atoms with E-state index in [-0.39, 0.29) is 0 Å². The third kappa shape index (κ3) is 2.86. The lowest BCUT2D eigenvalue weighted by Crippen LogP contribution is -2.47. The van der Waals surface area contributed by atoms with Crippen molar-refractivity contribution in [2.24, 2.45) is 5.92 Å². The summed E-state index contributed by atoms with van der Waals surface area (Å²) < 4.78 is 0. The van der Waals surface area contributed by atoms with Crippen molar-refractivity contribution in [2.45, 2.75) is 38.1 Å². The predicted octanol–water partition coefficient (Wildman–Crippen LogP) is 3.05. The van der Waals surface area contributed by atoms with Crippen LogP contribution in [0.4, 0.5) is 5.69 Å². The number of hydrogen-bond donors (Lipinski definition) is 1. The number of para-hydroxylation sites is 1. The number of nitrogens with one attached hydrogen (secondary N) is 1. The van der Waals surface area contributed by atoms with E-state index in [4.69, 9.17) is 0 Å². The standard InChI is InChI=1S/C16H24N2/c1-2-9-16(10-3-1)18-11-5-8-15(13-18)17-12-14-6-4-7-14/h1-3,9-10,14-15,17H,4-8,11-13H2. The van der Waals surface area contributed by atoms with Crippen LogP contribution < -0.4 is 10.2 Å². The minimum absolute atomic E-state index is 0.694. The first-order valence-electron chi connectivity index (χ1n) is 7.45. The third-order valence-electron chi connectivity index (χ3n) is 4.46. The molecule has 2 aliphatic rings. The molecule has 2 heteroatoms. The van der Waals surface area contributed by atoms with Gasteiger partial charge in [-0.25, -0.2) is 0 Å². The summed E-state index contributed by atoms with van der Waals surface area (Å²) in [6.07, 6.45) is 7.00. The Bertz CT molecular complexity index is 359. The summed E-state index contributed by atoms with van der Waals surface area (Å²) in [5, 5.41) is 3.78. The Morgan fingerprint density at radius 3 is 2.61 bits per heavy atom. The molecule has 2 nitrogen and oxygen atoms in total. The average molecular weight is 244 g/mol. The summed E-state index contributed by atoms with van der Waals surface area (Å²) >= 11 is 0. The smallest absolute Gasteiger partial charge is 0.0366 e. The van der Waals surface area contributed by atoms with Crippen LogP contribution in [0.2, 0.25) is 0 Å². The zero-order chi connectivity index (χ0) is 12.2. The first-order valence-corrected chi connectivity index (χ1v) is 7.45. The van der Waals surface area contributed by atoms with Crippen LogP contribution in [0, 0.1) is 5.92 Å². The number of anilines is 1. The van der Waals surface area contributed by atoms with Crippen molar-refractivity contribution >= 4 is 5.69 Å². The first-order chi connectivity index (χ1) is 8.92. The molecule has 1 saturated carbocycles. The molecule has 1 unspecified atom stereocenters. The lowest BCUT2D eigenvalue weighted by atomic mass is 9.85. The van der Waals surface area contributed by atoms with Crippen LogP contribution in [-0.2, 0) is 0 Å². The predicted molar refractivity (Wildman–Crippen MR) is 77.0 cm³/mol. The van der Waals surface area contributed by atoms with Gasteiger partial charge in [-0.1, -0.05) is 24.6 Å². The fourth-order valence-electron chi connectivity index (χ4n) is 3.05. The van der Waals surface area contributed by atoms with Gasteiger partial charge < -0.3 is 10.2 Å².